The zero-order valence-corrected chi connectivity index (χ0v) is 11.1. The number of rotatable bonds is 3. The van der Waals surface area contributed by atoms with Gasteiger partial charge in [-0.1, -0.05) is 0 Å². The van der Waals surface area contributed by atoms with Gasteiger partial charge in [0.2, 0.25) is 0 Å². The molecule has 1 N–H and O–H groups in total. The van der Waals surface area contributed by atoms with E-state index in [4.69, 9.17) is 9.47 Å². The first kappa shape index (κ1) is 15.1. The van der Waals surface area contributed by atoms with Gasteiger partial charge in [-0.15, -0.1) is 0 Å². The summed E-state index contributed by atoms with van der Waals surface area (Å²) >= 11 is 0. The summed E-state index contributed by atoms with van der Waals surface area (Å²) in [6, 6.07) is 0.0905. The van der Waals surface area contributed by atoms with Gasteiger partial charge in [0.15, 0.2) is 0 Å². The van der Waals surface area contributed by atoms with Gasteiger partial charge in [-0.2, -0.15) is 13.2 Å². The van der Waals surface area contributed by atoms with Crippen molar-refractivity contribution >= 4 is 0 Å². The lowest BCUT2D eigenvalue weighted by Crippen LogP contribution is -2.52. The maximum atomic E-state index is 12.9. The Kier molecular flexibility index (Phi) is 5.09. The number of ether oxygens (including phenoxy) is 2. The van der Waals surface area contributed by atoms with Gasteiger partial charge in [0.25, 0.3) is 0 Å². The van der Waals surface area contributed by atoms with E-state index in [0.717, 1.165) is 25.7 Å². The fourth-order valence-electron chi connectivity index (χ4n) is 2.82. The molecule has 1 aliphatic carbocycles. The summed E-state index contributed by atoms with van der Waals surface area (Å²) in [6.45, 7) is 0.359. The van der Waals surface area contributed by atoms with Gasteiger partial charge < -0.3 is 9.47 Å². The largest absolute Gasteiger partial charge is 0.395 e. The van der Waals surface area contributed by atoms with Crippen molar-refractivity contribution in [3.8, 4) is 0 Å². The van der Waals surface area contributed by atoms with Gasteiger partial charge in [0.1, 0.15) is 6.23 Å². The van der Waals surface area contributed by atoms with E-state index in [0.29, 0.717) is 13.0 Å². The summed E-state index contributed by atoms with van der Waals surface area (Å²) in [7, 11) is 1.68. The molecule has 2 rings (SSSR count). The second-order valence-electron chi connectivity index (χ2n) is 5.26. The molecule has 6 heteroatoms. The van der Waals surface area contributed by atoms with Gasteiger partial charge in [0, 0.05) is 19.8 Å². The highest BCUT2D eigenvalue weighted by molar-refractivity contribution is 4.92. The fraction of sp³-hybridized carbons (Fsp3) is 0.923. The third-order valence-electron chi connectivity index (χ3n) is 3.95. The van der Waals surface area contributed by atoms with Crippen molar-refractivity contribution in [2.75, 3.05) is 13.7 Å². The van der Waals surface area contributed by atoms with Crippen LogP contribution in [0.25, 0.3) is 0 Å². The smallest absolute Gasteiger partial charge is 0.381 e. The average Bonchev–Trinajstić information content (AvgIpc) is 2.39. The minimum Gasteiger partial charge on any atom is -0.381 e. The van der Waals surface area contributed by atoms with E-state index >= 15 is 0 Å². The van der Waals surface area contributed by atoms with Crippen molar-refractivity contribution in [3.63, 3.8) is 0 Å². The average molecular weight is 280 g/mol. The summed E-state index contributed by atoms with van der Waals surface area (Å²) in [5, 5.41) is 3.03. The van der Waals surface area contributed by atoms with E-state index in [1.165, 1.54) is 6.42 Å². The van der Waals surface area contributed by atoms with Crippen LogP contribution in [0, 0.1) is 12.3 Å². The SMILES string of the molecule is COC1CCC(N[C@@H]2OCC[CH][C@H]2C(F)(F)F)CC1. The van der Waals surface area contributed by atoms with Crippen molar-refractivity contribution in [1.82, 2.24) is 5.32 Å². The Morgan fingerprint density at radius 3 is 2.47 bits per heavy atom. The van der Waals surface area contributed by atoms with Crippen LogP contribution in [0.3, 0.4) is 0 Å². The van der Waals surface area contributed by atoms with Gasteiger partial charge in [-0.05, 0) is 38.5 Å². The minimum atomic E-state index is -4.23. The molecule has 2 atom stereocenters. The first-order valence-electron chi connectivity index (χ1n) is 6.81. The highest BCUT2D eigenvalue weighted by Crippen LogP contribution is 2.35. The molecule has 0 aromatic heterocycles. The van der Waals surface area contributed by atoms with Crippen LogP contribution in [0.1, 0.15) is 32.1 Å². The van der Waals surface area contributed by atoms with Crippen molar-refractivity contribution in [1.29, 1.82) is 0 Å². The van der Waals surface area contributed by atoms with E-state index in [1.807, 2.05) is 0 Å². The van der Waals surface area contributed by atoms with Crippen LogP contribution in [-0.4, -0.2) is 38.3 Å². The molecule has 0 spiro atoms. The van der Waals surface area contributed by atoms with Crippen LogP contribution in [0.4, 0.5) is 13.2 Å². The van der Waals surface area contributed by atoms with E-state index < -0.39 is 18.3 Å². The number of hydrogen-bond donors (Lipinski definition) is 1. The molecule has 111 valence electrons. The molecule has 2 aliphatic rings. The molecule has 1 heterocycles. The highest BCUT2D eigenvalue weighted by atomic mass is 19.4. The molecular formula is C13H21F3NO2. The van der Waals surface area contributed by atoms with Gasteiger partial charge in [0.05, 0.1) is 12.0 Å². The molecule has 19 heavy (non-hydrogen) atoms. The second kappa shape index (κ2) is 6.41. The molecule has 0 bridgehead atoms. The van der Waals surface area contributed by atoms with Crippen LogP contribution in [-0.2, 0) is 9.47 Å². The number of hydrogen-bond acceptors (Lipinski definition) is 3. The summed E-state index contributed by atoms with van der Waals surface area (Å²) < 4.78 is 49.2. The predicted octanol–water partition coefficient (Wildman–Crippen LogP) is 2.66. The third-order valence-corrected chi connectivity index (χ3v) is 3.95. The van der Waals surface area contributed by atoms with Crippen molar-refractivity contribution in [2.45, 2.75) is 56.7 Å². The van der Waals surface area contributed by atoms with Crippen molar-refractivity contribution in [2.24, 2.45) is 5.92 Å². The van der Waals surface area contributed by atoms with Crippen molar-refractivity contribution in [3.05, 3.63) is 6.42 Å². The second-order valence-corrected chi connectivity index (χ2v) is 5.26. The summed E-state index contributed by atoms with van der Waals surface area (Å²) in [4.78, 5) is 0. The number of halogens is 3. The summed E-state index contributed by atoms with van der Waals surface area (Å²) in [5.41, 5.74) is 0. The Hall–Kier alpha value is -0.330. The normalized spacial score (nSPS) is 37.3. The molecule has 0 unspecified atom stereocenters. The first-order chi connectivity index (χ1) is 9.00. The van der Waals surface area contributed by atoms with E-state index in [1.54, 1.807) is 7.11 Å². The Labute approximate surface area is 111 Å². The minimum absolute atomic E-state index is 0.0905. The topological polar surface area (TPSA) is 30.5 Å². The Morgan fingerprint density at radius 1 is 1.21 bits per heavy atom. The molecule has 1 saturated carbocycles. The zero-order chi connectivity index (χ0) is 13.9. The van der Waals surface area contributed by atoms with E-state index in [-0.39, 0.29) is 12.1 Å². The first-order valence-corrected chi connectivity index (χ1v) is 6.81. The Balaban J connectivity index is 1.86. The lowest BCUT2D eigenvalue weighted by molar-refractivity contribution is -0.213. The van der Waals surface area contributed by atoms with E-state index in [2.05, 4.69) is 5.32 Å². The highest BCUT2D eigenvalue weighted by Gasteiger charge is 2.47. The lowest BCUT2D eigenvalue weighted by Gasteiger charge is -2.37. The van der Waals surface area contributed by atoms with Crippen LogP contribution in [0.2, 0.25) is 0 Å². The molecular weight excluding hydrogens is 259 g/mol. The molecule has 1 saturated heterocycles. The monoisotopic (exact) mass is 280 g/mol. The van der Waals surface area contributed by atoms with Crippen LogP contribution in [0.15, 0.2) is 0 Å². The predicted molar refractivity (Wildman–Crippen MR) is 64.4 cm³/mol. The Bertz CT molecular complexity index is 278. The molecule has 0 aromatic carbocycles. The molecule has 2 fully saturated rings. The third kappa shape index (κ3) is 4.07. The van der Waals surface area contributed by atoms with Crippen LogP contribution in [0.5, 0.6) is 0 Å². The molecule has 1 aliphatic heterocycles. The van der Waals surface area contributed by atoms with Crippen LogP contribution >= 0.6 is 0 Å². The Morgan fingerprint density at radius 2 is 1.89 bits per heavy atom. The lowest BCUT2D eigenvalue weighted by atomic mass is 9.91. The van der Waals surface area contributed by atoms with Gasteiger partial charge in [-0.3, -0.25) is 5.32 Å². The van der Waals surface area contributed by atoms with E-state index in [9.17, 15) is 13.2 Å². The number of alkyl halides is 3. The summed E-state index contributed by atoms with van der Waals surface area (Å²) in [5.74, 6) is -1.50. The number of nitrogens with one attached hydrogen (secondary N) is 1. The molecule has 1 radical (unpaired) electrons. The van der Waals surface area contributed by atoms with Gasteiger partial charge >= 0.3 is 6.18 Å². The number of methoxy groups -OCH3 is 1. The summed E-state index contributed by atoms with van der Waals surface area (Å²) in [6.07, 6.45) is 0.213. The molecule has 3 nitrogen and oxygen atoms in total. The fourth-order valence-corrected chi connectivity index (χ4v) is 2.82. The van der Waals surface area contributed by atoms with Gasteiger partial charge in [-0.25, -0.2) is 0 Å². The van der Waals surface area contributed by atoms with Crippen LogP contribution < -0.4 is 5.32 Å². The quantitative estimate of drug-likeness (QED) is 0.862. The maximum Gasteiger partial charge on any atom is 0.395 e. The standard InChI is InChI=1S/C13H21F3NO2/c1-18-10-6-4-9(5-7-10)17-12-11(13(14,15)16)3-2-8-19-12/h3,9-12,17H,2,4-8H2,1H3/t9?,10?,11-,12-/m1/s1. The van der Waals surface area contributed by atoms with Crippen molar-refractivity contribution < 1.29 is 22.6 Å². The molecule has 0 amide bonds. The zero-order valence-electron chi connectivity index (χ0n) is 11.1. The maximum absolute atomic E-state index is 12.9. The molecule has 0 aromatic rings.